The van der Waals surface area contributed by atoms with Crippen molar-refractivity contribution in [1.29, 1.82) is 0 Å². The van der Waals surface area contributed by atoms with Crippen LogP contribution >= 0.6 is 38.9 Å². The molecule has 0 spiro atoms. The van der Waals surface area contributed by atoms with Crippen molar-refractivity contribution in [2.75, 3.05) is 0 Å². The maximum absolute atomic E-state index is 13.4. The number of rotatable bonds is 4. The van der Waals surface area contributed by atoms with E-state index in [1.165, 1.54) is 0 Å². The summed E-state index contributed by atoms with van der Waals surface area (Å²) in [4.78, 5) is 9.96. The first-order chi connectivity index (χ1) is 6.83. The standard InChI is InChI=1S/C8H6BrClF2O2S/c9-7-4(10)3-5(15-7)8(11,12)2-1-6(13)14/h3H,1-2H2,(H,13,14). The second kappa shape index (κ2) is 4.76. The molecule has 0 aliphatic rings. The van der Waals surface area contributed by atoms with Crippen molar-refractivity contribution in [3.05, 3.63) is 19.8 Å². The van der Waals surface area contributed by atoms with E-state index < -0.39 is 24.7 Å². The highest BCUT2D eigenvalue weighted by Gasteiger charge is 2.34. The first-order valence-corrected chi connectivity index (χ1v) is 5.86. The summed E-state index contributed by atoms with van der Waals surface area (Å²) >= 11 is 9.45. The largest absolute Gasteiger partial charge is 0.481 e. The Bertz CT molecular complexity index is 361. The van der Waals surface area contributed by atoms with E-state index in [9.17, 15) is 13.6 Å². The Morgan fingerprint density at radius 3 is 2.67 bits per heavy atom. The Morgan fingerprint density at radius 1 is 1.67 bits per heavy atom. The zero-order valence-electron chi connectivity index (χ0n) is 7.27. The highest BCUT2D eigenvalue weighted by molar-refractivity contribution is 9.11. The lowest BCUT2D eigenvalue weighted by atomic mass is 10.1. The third kappa shape index (κ3) is 3.39. The van der Waals surface area contributed by atoms with Gasteiger partial charge in [-0.3, -0.25) is 4.79 Å². The maximum atomic E-state index is 13.4. The minimum Gasteiger partial charge on any atom is -0.481 e. The number of carboxylic acid groups (broad SMARTS) is 1. The van der Waals surface area contributed by atoms with Crippen molar-refractivity contribution >= 4 is 44.8 Å². The molecule has 0 fully saturated rings. The first-order valence-electron chi connectivity index (χ1n) is 3.88. The van der Waals surface area contributed by atoms with Gasteiger partial charge in [-0.15, -0.1) is 11.3 Å². The second-order valence-electron chi connectivity index (χ2n) is 2.83. The highest BCUT2D eigenvalue weighted by Crippen LogP contribution is 2.42. The van der Waals surface area contributed by atoms with Crippen LogP contribution in [0.1, 0.15) is 17.7 Å². The fourth-order valence-corrected chi connectivity index (χ4v) is 2.62. The number of carboxylic acids is 1. The molecule has 0 saturated heterocycles. The predicted octanol–water partition coefficient (Wildman–Crippen LogP) is 4.12. The van der Waals surface area contributed by atoms with Crippen LogP contribution in [0.5, 0.6) is 0 Å². The van der Waals surface area contributed by atoms with Crippen molar-refractivity contribution in [2.24, 2.45) is 0 Å². The van der Waals surface area contributed by atoms with Crippen molar-refractivity contribution in [1.82, 2.24) is 0 Å². The SMILES string of the molecule is O=C(O)CCC(F)(F)c1cc(Cl)c(Br)s1. The lowest BCUT2D eigenvalue weighted by Crippen LogP contribution is -2.13. The molecular weight excluding hydrogens is 314 g/mol. The lowest BCUT2D eigenvalue weighted by molar-refractivity contribution is -0.139. The predicted molar refractivity (Wildman–Crippen MR) is 57.8 cm³/mol. The van der Waals surface area contributed by atoms with Gasteiger partial charge >= 0.3 is 5.97 Å². The van der Waals surface area contributed by atoms with Gasteiger partial charge in [0.05, 0.1) is 20.1 Å². The van der Waals surface area contributed by atoms with E-state index in [4.69, 9.17) is 16.7 Å². The van der Waals surface area contributed by atoms with E-state index in [-0.39, 0.29) is 9.90 Å². The minimum atomic E-state index is -3.14. The molecule has 1 rings (SSSR count). The highest BCUT2D eigenvalue weighted by atomic mass is 79.9. The zero-order valence-corrected chi connectivity index (χ0v) is 10.4. The van der Waals surface area contributed by atoms with E-state index in [1.807, 2.05) is 0 Å². The normalized spacial score (nSPS) is 11.7. The molecule has 2 nitrogen and oxygen atoms in total. The van der Waals surface area contributed by atoms with Crippen LogP contribution in [-0.4, -0.2) is 11.1 Å². The van der Waals surface area contributed by atoms with Crippen molar-refractivity contribution in [3.8, 4) is 0 Å². The first kappa shape index (κ1) is 12.9. The fourth-order valence-electron chi connectivity index (χ4n) is 0.914. The van der Waals surface area contributed by atoms with Gasteiger partial charge in [0, 0.05) is 6.42 Å². The summed E-state index contributed by atoms with van der Waals surface area (Å²) in [6.45, 7) is 0. The van der Waals surface area contributed by atoms with E-state index in [1.54, 1.807) is 0 Å². The lowest BCUT2D eigenvalue weighted by Gasteiger charge is -2.12. The van der Waals surface area contributed by atoms with Gasteiger partial charge in [-0.05, 0) is 22.0 Å². The van der Waals surface area contributed by atoms with Gasteiger partial charge in [0.1, 0.15) is 0 Å². The molecule has 0 bridgehead atoms. The van der Waals surface area contributed by atoms with Gasteiger partial charge in [0.25, 0.3) is 5.92 Å². The Kier molecular flexibility index (Phi) is 4.08. The monoisotopic (exact) mass is 318 g/mol. The molecule has 0 aliphatic heterocycles. The second-order valence-corrected chi connectivity index (χ2v) is 5.61. The average Bonchev–Trinajstić information content (AvgIpc) is 2.45. The zero-order chi connectivity index (χ0) is 11.6. The number of hydrogen-bond donors (Lipinski definition) is 1. The van der Waals surface area contributed by atoms with Crippen LogP contribution in [0.2, 0.25) is 5.02 Å². The molecule has 1 aromatic rings. The number of thiophene rings is 1. The molecule has 1 N–H and O–H groups in total. The molecule has 1 heterocycles. The number of carbonyl (C=O) groups is 1. The van der Waals surface area contributed by atoms with Gasteiger partial charge in [-0.25, -0.2) is 8.78 Å². The third-order valence-corrected chi connectivity index (χ3v) is 4.25. The molecule has 84 valence electrons. The fraction of sp³-hybridized carbons (Fsp3) is 0.375. The third-order valence-electron chi connectivity index (χ3n) is 1.66. The quantitative estimate of drug-likeness (QED) is 0.906. The van der Waals surface area contributed by atoms with Crippen LogP contribution in [0.25, 0.3) is 0 Å². The van der Waals surface area contributed by atoms with Crippen LogP contribution in [0, 0.1) is 0 Å². The van der Waals surface area contributed by atoms with Gasteiger partial charge in [-0.1, -0.05) is 11.6 Å². The number of alkyl halides is 2. The van der Waals surface area contributed by atoms with E-state index >= 15 is 0 Å². The van der Waals surface area contributed by atoms with E-state index in [0.29, 0.717) is 3.79 Å². The molecule has 0 amide bonds. The summed E-state index contributed by atoms with van der Waals surface area (Å²) in [6.07, 6.45) is -1.29. The molecule has 0 radical (unpaired) electrons. The Hall–Kier alpha value is -0.200. The van der Waals surface area contributed by atoms with Crippen molar-refractivity contribution < 1.29 is 18.7 Å². The molecular formula is C8H6BrClF2O2S. The summed E-state index contributed by atoms with van der Waals surface area (Å²) in [5, 5.41) is 8.53. The maximum Gasteiger partial charge on any atom is 0.303 e. The van der Waals surface area contributed by atoms with E-state index in [0.717, 1.165) is 17.4 Å². The molecule has 0 unspecified atom stereocenters. The van der Waals surface area contributed by atoms with E-state index in [2.05, 4.69) is 15.9 Å². The minimum absolute atomic E-state index is 0.213. The van der Waals surface area contributed by atoms with Gasteiger partial charge in [-0.2, -0.15) is 0 Å². The molecule has 15 heavy (non-hydrogen) atoms. The van der Waals surface area contributed by atoms with Crippen molar-refractivity contribution in [2.45, 2.75) is 18.8 Å². The van der Waals surface area contributed by atoms with Crippen LogP contribution in [0.4, 0.5) is 8.78 Å². The molecule has 0 aromatic carbocycles. The summed E-state index contributed by atoms with van der Waals surface area (Å²) < 4.78 is 27.2. The Labute approximate surface area is 102 Å². The van der Waals surface area contributed by atoms with Gasteiger partial charge < -0.3 is 5.11 Å². The molecule has 0 atom stereocenters. The molecule has 1 aromatic heterocycles. The van der Waals surface area contributed by atoms with Crippen LogP contribution in [-0.2, 0) is 10.7 Å². The van der Waals surface area contributed by atoms with Crippen LogP contribution in [0.15, 0.2) is 9.85 Å². The van der Waals surface area contributed by atoms with Crippen LogP contribution in [0.3, 0.4) is 0 Å². The topological polar surface area (TPSA) is 37.3 Å². The van der Waals surface area contributed by atoms with Crippen LogP contribution < -0.4 is 0 Å². The van der Waals surface area contributed by atoms with Gasteiger partial charge in [0.2, 0.25) is 0 Å². The Balaban J connectivity index is 2.80. The summed E-state index contributed by atoms with van der Waals surface area (Å²) in [7, 11) is 0. The number of hydrogen-bond acceptors (Lipinski definition) is 2. The molecule has 7 heteroatoms. The van der Waals surface area contributed by atoms with Gasteiger partial charge in [0.15, 0.2) is 0 Å². The molecule has 0 aliphatic carbocycles. The smallest absolute Gasteiger partial charge is 0.303 e. The Morgan fingerprint density at radius 2 is 2.27 bits per heavy atom. The molecule has 0 saturated carbocycles. The summed E-state index contributed by atoms with van der Waals surface area (Å²) in [5.41, 5.74) is 0. The average molecular weight is 320 g/mol. The van der Waals surface area contributed by atoms with Crippen molar-refractivity contribution in [3.63, 3.8) is 0 Å². The summed E-state index contributed by atoms with van der Waals surface area (Å²) in [6, 6.07) is 1.15. The summed E-state index contributed by atoms with van der Waals surface area (Å²) in [5.74, 6) is -4.38. The number of halogens is 4. The number of aliphatic carboxylic acids is 1.